The quantitative estimate of drug-likeness (QED) is 0.559. The molecule has 0 aliphatic rings. The molecule has 0 saturated carbocycles. The van der Waals surface area contributed by atoms with Crippen LogP contribution in [-0.2, 0) is 9.53 Å². The Bertz CT molecular complexity index is 246. The van der Waals surface area contributed by atoms with Crippen LogP contribution in [0.5, 0.6) is 0 Å². The van der Waals surface area contributed by atoms with Gasteiger partial charge in [-0.25, -0.2) is 9.59 Å². The van der Waals surface area contributed by atoms with E-state index >= 15 is 0 Å². The highest BCUT2D eigenvalue weighted by molar-refractivity contribution is 5.73. The van der Waals surface area contributed by atoms with Crippen molar-refractivity contribution in [3.63, 3.8) is 0 Å². The second-order valence-corrected chi connectivity index (χ2v) is 2.70. The number of aliphatic carboxylic acids is 1. The number of carboxylic acids is 1. The Kier molecular flexibility index (Phi) is 9.01. The number of carboxylic acid groups (broad SMARTS) is 2. The molecule has 0 saturated heterocycles. The van der Waals surface area contributed by atoms with Gasteiger partial charge in [0.15, 0.2) is 0 Å². The zero-order valence-electron chi connectivity index (χ0n) is 8.82. The Hall–Kier alpha value is -1.55. The van der Waals surface area contributed by atoms with Gasteiger partial charge in [0.1, 0.15) is 0 Å². The highest BCUT2D eigenvalue weighted by Crippen LogP contribution is 2.13. The van der Waals surface area contributed by atoms with Crippen LogP contribution in [0, 0.1) is 0 Å². The monoisotopic (exact) mass is 262 g/mol. The molecule has 0 fully saturated rings. The van der Waals surface area contributed by atoms with Crippen LogP contribution < -0.4 is 11.1 Å². The summed E-state index contributed by atoms with van der Waals surface area (Å²) in [5.41, 5.74) is 5.38. The highest BCUT2D eigenvalue weighted by atomic mass is 19.4. The van der Waals surface area contributed by atoms with E-state index in [9.17, 15) is 18.0 Å². The van der Waals surface area contributed by atoms with Crippen molar-refractivity contribution < 1.29 is 37.7 Å². The van der Waals surface area contributed by atoms with Crippen molar-refractivity contribution in [1.29, 1.82) is 0 Å². The number of methoxy groups -OCH3 is 1. The summed E-state index contributed by atoms with van der Waals surface area (Å²) in [5.74, 6) is -2.76. The van der Waals surface area contributed by atoms with Crippen molar-refractivity contribution in [1.82, 2.24) is 5.32 Å². The second kappa shape index (κ2) is 8.58. The molecule has 0 aromatic heterocycles. The van der Waals surface area contributed by atoms with Crippen LogP contribution in [0.25, 0.3) is 0 Å². The normalized spacial score (nSPS) is 12.1. The Morgan fingerprint density at radius 1 is 1.41 bits per heavy atom. The molecule has 102 valence electrons. The molecule has 0 spiro atoms. The Balaban J connectivity index is 0. The van der Waals surface area contributed by atoms with E-state index < -0.39 is 18.2 Å². The number of carbonyl (C=O) groups is 2. The van der Waals surface area contributed by atoms with Crippen LogP contribution in [0.4, 0.5) is 18.0 Å². The molecule has 1 atom stereocenters. The fourth-order valence-corrected chi connectivity index (χ4v) is 0.491. The molecule has 0 radical (unpaired) electrons. The molecule has 0 rings (SSSR count). The number of hydrogen-bond donors (Lipinski definition) is 4. The SMILES string of the molecule is COCC(N)CNC(=O)O.O=C(O)C(F)(F)F. The summed E-state index contributed by atoms with van der Waals surface area (Å²) >= 11 is 0. The lowest BCUT2D eigenvalue weighted by molar-refractivity contribution is -0.192. The number of halogens is 3. The number of nitrogens with two attached hydrogens (primary N) is 1. The average Bonchev–Trinajstić information content (AvgIpc) is 2.14. The highest BCUT2D eigenvalue weighted by Gasteiger charge is 2.38. The molecular formula is C7H13F3N2O5. The minimum Gasteiger partial charge on any atom is -0.475 e. The van der Waals surface area contributed by atoms with E-state index in [0.717, 1.165) is 0 Å². The summed E-state index contributed by atoms with van der Waals surface area (Å²) in [4.78, 5) is 18.8. The molecular weight excluding hydrogens is 249 g/mol. The van der Waals surface area contributed by atoms with Crippen LogP contribution in [0.1, 0.15) is 0 Å². The van der Waals surface area contributed by atoms with Gasteiger partial charge in [-0.2, -0.15) is 13.2 Å². The molecule has 1 unspecified atom stereocenters. The molecule has 10 heteroatoms. The van der Waals surface area contributed by atoms with Gasteiger partial charge in [0.05, 0.1) is 6.61 Å². The molecule has 0 bridgehead atoms. The van der Waals surface area contributed by atoms with Crippen LogP contribution in [0.3, 0.4) is 0 Å². The number of ether oxygens (including phenoxy) is 1. The molecule has 7 nitrogen and oxygen atoms in total. The first kappa shape index (κ1) is 17.8. The lowest BCUT2D eigenvalue weighted by Gasteiger charge is -2.08. The van der Waals surface area contributed by atoms with Crippen molar-refractivity contribution in [3.05, 3.63) is 0 Å². The largest absolute Gasteiger partial charge is 0.490 e. The summed E-state index contributed by atoms with van der Waals surface area (Å²) in [5, 5.41) is 17.4. The van der Waals surface area contributed by atoms with Gasteiger partial charge in [-0.1, -0.05) is 0 Å². The van der Waals surface area contributed by atoms with Crippen LogP contribution in [0.15, 0.2) is 0 Å². The second-order valence-electron chi connectivity index (χ2n) is 2.70. The van der Waals surface area contributed by atoms with Crippen molar-refractivity contribution in [2.24, 2.45) is 5.73 Å². The molecule has 0 aliphatic carbocycles. The summed E-state index contributed by atoms with van der Waals surface area (Å²) in [6.45, 7) is 0.587. The molecule has 0 aromatic rings. The number of alkyl halides is 3. The number of nitrogens with one attached hydrogen (secondary N) is 1. The first-order valence-electron chi connectivity index (χ1n) is 4.12. The maximum atomic E-state index is 10.6. The zero-order chi connectivity index (χ0) is 14.1. The third-order valence-corrected chi connectivity index (χ3v) is 1.14. The Labute approximate surface area is 94.3 Å². The fraction of sp³-hybridized carbons (Fsp3) is 0.714. The van der Waals surface area contributed by atoms with Crippen molar-refractivity contribution >= 4 is 12.1 Å². The van der Waals surface area contributed by atoms with Gasteiger partial charge in [-0.15, -0.1) is 0 Å². The number of amides is 1. The molecule has 5 N–H and O–H groups in total. The predicted octanol–water partition coefficient (Wildman–Crippen LogP) is -0.139. The lowest BCUT2D eigenvalue weighted by atomic mass is 10.3. The van der Waals surface area contributed by atoms with Gasteiger partial charge in [0, 0.05) is 19.7 Å². The summed E-state index contributed by atoms with van der Waals surface area (Å²) in [6.07, 6.45) is -6.15. The van der Waals surface area contributed by atoms with Gasteiger partial charge in [0.25, 0.3) is 0 Å². The zero-order valence-corrected chi connectivity index (χ0v) is 8.82. The minimum atomic E-state index is -5.08. The van der Waals surface area contributed by atoms with Crippen molar-refractivity contribution in [2.75, 3.05) is 20.3 Å². The first-order chi connectivity index (χ1) is 7.61. The van der Waals surface area contributed by atoms with Crippen LogP contribution in [-0.4, -0.2) is 54.8 Å². The van der Waals surface area contributed by atoms with E-state index in [1.165, 1.54) is 7.11 Å². The maximum absolute atomic E-state index is 10.6. The van der Waals surface area contributed by atoms with E-state index in [1.807, 2.05) is 0 Å². The Morgan fingerprint density at radius 3 is 2.06 bits per heavy atom. The van der Waals surface area contributed by atoms with Crippen molar-refractivity contribution in [2.45, 2.75) is 12.2 Å². The maximum Gasteiger partial charge on any atom is 0.490 e. The molecule has 1 amide bonds. The molecule has 17 heavy (non-hydrogen) atoms. The van der Waals surface area contributed by atoms with Crippen molar-refractivity contribution in [3.8, 4) is 0 Å². The predicted molar refractivity (Wildman–Crippen MR) is 49.6 cm³/mol. The summed E-state index contributed by atoms with van der Waals surface area (Å²) < 4.78 is 36.4. The van der Waals surface area contributed by atoms with E-state index in [-0.39, 0.29) is 12.6 Å². The van der Waals surface area contributed by atoms with Crippen LogP contribution in [0.2, 0.25) is 0 Å². The number of rotatable bonds is 4. The third kappa shape index (κ3) is 14.5. The molecule has 0 heterocycles. The first-order valence-corrected chi connectivity index (χ1v) is 4.12. The van der Waals surface area contributed by atoms with E-state index in [0.29, 0.717) is 6.61 Å². The third-order valence-electron chi connectivity index (χ3n) is 1.14. The van der Waals surface area contributed by atoms with E-state index in [1.54, 1.807) is 0 Å². The van der Waals surface area contributed by atoms with E-state index in [4.69, 9.17) is 20.7 Å². The summed E-state index contributed by atoms with van der Waals surface area (Å²) in [7, 11) is 1.51. The van der Waals surface area contributed by atoms with Gasteiger partial charge >= 0.3 is 18.2 Å². The van der Waals surface area contributed by atoms with Gasteiger partial charge < -0.3 is 26.0 Å². The summed E-state index contributed by atoms with van der Waals surface area (Å²) in [6, 6.07) is -0.263. The Morgan fingerprint density at radius 2 is 1.82 bits per heavy atom. The lowest BCUT2D eigenvalue weighted by Crippen LogP contribution is -2.39. The smallest absolute Gasteiger partial charge is 0.475 e. The minimum absolute atomic E-state index is 0.225. The van der Waals surface area contributed by atoms with Crippen LogP contribution >= 0.6 is 0 Å². The fourth-order valence-electron chi connectivity index (χ4n) is 0.491. The molecule has 0 aromatic carbocycles. The van der Waals surface area contributed by atoms with E-state index in [2.05, 4.69) is 10.1 Å². The molecule has 0 aliphatic heterocycles. The topological polar surface area (TPSA) is 122 Å². The van der Waals surface area contributed by atoms with Gasteiger partial charge in [-0.3, -0.25) is 0 Å². The average molecular weight is 262 g/mol. The standard InChI is InChI=1S/C5H12N2O3.C2HF3O2/c1-10-3-4(6)2-7-5(8)9;3-2(4,5)1(6)7/h4,7H,2-3,6H2,1H3,(H,8,9);(H,6,7). The van der Waals surface area contributed by atoms with Gasteiger partial charge in [0.2, 0.25) is 0 Å². The number of hydrogen-bond acceptors (Lipinski definition) is 4. The van der Waals surface area contributed by atoms with Gasteiger partial charge in [-0.05, 0) is 0 Å².